The van der Waals surface area contributed by atoms with Crippen molar-refractivity contribution in [2.75, 3.05) is 26.4 Å². The number of rotatable bonds is 12. The monoisotopic (exact) mass is 373 g/mol. The highest BCUT2D eigenvalue weighted by atomic mass is 35.5. The lowest BCUT2D eigenvalue weighted by atomic mass is 9.82. The van der Waals surface area contributed by atoms with Gasteiger partial charge in [-0.1, -0.05) is 26.7 Å². The van der Waals surface area contributed by atoms with Crippen LogP contribution in [-0.4, -0.2) is 44.1 Å². The van der Waals surface area contributed by atoms with Crippen LogP contribution in [-0.2, 0) is 14.2 Å². The molecule has 0 aromatic heterocycles. The van der Waals surface area contributed by atoms with E-state index in [1.54, 1.807) is 0 Å². The molecule has 3 atom stereocenters. The number of hydrogen-bond donors (Lipinski definition) is 1. The quantitative estimate of drug-likeness (QED) is 0.308. The molecule has 0 amide bonds. The van der Waals surface area contributed by atoms with Crippen molar-refractivity contribution in [3.63, 3.8) is 0 Å². The molecular formula is C20H36ClNO3. The highest BCUT2D eigenvalue weighted by Crippen LogP contribution is 2.33. The summed E-state index contributed by atoms with van der Waals surface area (Å²) in [6.45, 7) is 7.15. The van der Waals surface area contributed by atoms with Crippen molar-refractivity contribution in [3.05, 3.63) is 11.8 Å². The Labute approximate surface area is 158 Å². The minimum atomic E-state index is -0.0214. The van der Waals surface area contributed by atoms with E-state index in [2.05, 4.69) is 25.2 Å². The van der Waals surface area contributed by atoms with Crippen LogP contribution in [0.1, 0.15) is 65.2 Å². The predicted octanol–water partition coefficient (Wildman–Crippen LogP) is 4.62. The number of piperidine rings is 1. The van der Waals surface area contributed by atoms with Crippen molar-refractivity contribution in [2.45, 2.75) is 82.9 Å². The maximum absolute atomic E-state index is 6.28. The minimum absolute atomic E-state index is 0.0214. The van der Waals surface area contributed by atoms with Gasteiger partial charge < -0.3 is 14.2 Å². The van der Waals surface area contributed by atoms with Gasteiger partial charge in [0.2, 0.25) is 0 Å². The Morgan fingerprint density at radius 3 is 2.44 bits per heavy atom. The second kappa shape index (κ2) is 12.2. The number of alkyl halides is 1. The molecule has 1 aliphatic heterocycles. The molecule has 4 nitrogen and oxygen atoms in total. The van der Waals surface area contributed by atoms with E-state index >= 15 is 0 Å². The first kappa shape index (κ1) is 21.0. The van der Waals surface area contributed by atoms with Crippen molar-refractivity contribution in [3.8, 4) is 0 Å². The molecule has 5 heteroatoms. The largest absolute Gasteiger partial charge is 0.490 e. The van der Waals surface area contributed by atoms with E-state index in [1.807, 2.05) is 0 Å². The molecule has 0 aromatic rings. The highest BCUT2D eigenvalue weighted by Gasteiger charge is 2.32. The summed E-state index contributed by atoms with van der Waals surface area (Å²) in [5.74, 6) is 1.77. The van der Waals surface area contributed by atoms with Crippen LogP contribution in [0.25, 0.3) is 0 Å². The molecule has 1 heterocycles. The maximum atomic E-state index is 6.28. The van der Waals surface area contributed by atoms with Gasteiger partial charge in [-0.05, 0) is 44.1 Å². The van der Waals surface area contributed by atoms with Crippen LogP contribution in [0.5, 0.6) is 0 Å². The number of ether oxygens (including phenoxy) is 3. The standard InChI is InChI=1S/C20H36ClNO3/c1-3-5-11-23-14-18(15-24-12-6-4-2)25-17-9-7-16-8-10-20(21)22-19(16)13-17/h9,16,18-20,22H,3-8,10-15H2,1-2H3/t16-,19-,20-/m0/s1. The van der Waals surface area contributed by atoms with Gasteiger partial charge in [-0.3, -0.25) is 5.32 Å². The molecule has 0 unspecified atom stereocenters. The van der Waals surface area contributed by atoms with Crippen LogP contribution in [0.3, 0.4) is 0 Å². The van der Waals surface area contributed by atoms with Crippen molar-refractivity contribution in [2.24, 2.45) is 5.92 Å². The van der Waals surface area contributed by atoms with Gasteiger partial charge >= 0.3 is 0 Å². The van der Waals surface area contributed by atoms with E-state index in [-0.39, 0.29) is 11.6 Å². The fourth-order valence-electron chi connectivity index (χ4n) is 3.45. The molecule has 0 bridgehead atoms. The Balaban J connectivity index is 1.80. The molecule has 1 aliphatic carbocycles. The highest BCUT2D eigenvalue weighted by molar-refractivity contribution is 6.20. The van der Waals surface area contributed by atoms with Gasteiger partial charge in [-0.15, -0.1) is 11.6 Å². The van der Waals surface area contributed by atoms with Gasteiger partial charge in [0.1, 0.15) is 6.10 Å². The molecule has 25 heavy (non-hydrogen) atoms. The number of nitrogens with one attached hydrogen (secondary N) is 1. The number of fused-ring (bicyclic) bond motifs is 1. The Kier molecular flexibility index (Phi) is 10.2. The first-order valence-electron chi connectivity index (χ1n) is 10.1. The Morgan fingerprint density at radius 2 is 1.80 bits per heavy atom. The lowest BCUT2D eigenvalue weighted by Crippen LogP contribution is -2.47. The summed E-state index contributed by atoms with van der Waals surface area (Å²) in [4.78, 5) is 0. The molecular weight excluding hydrogens is 338 g/mol. The van der Waals surface area contributed by atoms with Gasteiger partial charge in [-0.2, -0.15) is 0 Å². The fourth-order valence-corrected chi connectivity index (χ4v) is 3.74. The summed E-state index contributed by atoms with van der Waals surface area (Å²) in [5.41, 5.74) is 0.103. The zero-order valence-electron chi connectivity index (χ0n) is 16.0. The van der Waals surface area contributed by atoms with Crippen LogP contribution in [0.15, 0.2) is 11.8 Å². The summed E-state index contributed by atoms with van der Waals surface area (Å²) in [6, 6.07) is 0.443. The summed E-state index contributed by atoms with van der Waals surface area (Å²) in [7, 11) is 0. The molecule has 0 spiro atoms. The Morgan fingerprint density at radius 1 is 1.12 bits per heavy atom. The lowest BCUT2D eigenvalue weighted by molar-refractivity contribution is -0.0409. The molecule has 1 N–H and O–H groups in total. The SMILES string of the molecule is CCCCOCC(COCCCC)OC1=CC[C@H]2CC[C@@H](Cl)N[C@H]2C1. The summed E-state index contributed by atoms with van der Waals surface area (Å²) in [5, 5.41) is 3.52. The van der Waals surface area contributed by atoms with Crippen LogP contribution in [0, 0.1) is 5.92 Å². The molecule has 146 valence electrons. The lowest BCUT2D eigenvalue weighted by Gasteiger charge is -2.38. The zero-order chi connectivity index (χ0) is 17.9. The van der Waals surface area contributed by atoms with E-state index in [4.69, 9.17) is 25.8 Å². The normalized spacial score (nSPS) is 26.4. The zero-order valence-corrected chi connectivity index (χ0v) is 16.7. The minimum Gasteiger partial charge on any atom is -0.490 e. The number of unbranched alkanes of at least 4 members (excludes halogenated alkanes) is 2. The molecule has 2 aliphatic rings. The van der Waals surface area contributed by atoms with Crippen LogP contribution in [0.2, 0.25) is 0 Å². The predicted molar refractivity (Wildman–Crippen MR) is 103 cm³/mol. The van der Waals surface area contributed by atoms with Gasteiger partial charge in [-0.25, -0.2) is 0 Å². The van der Waals surface area contributed by atoms with Crippen molar-refractivity contribution < 1.29 is 14.2 Å². The first-order chi connectivity index (χ1) is 12.2. The average Bonchev–Trinajstić information content (AvgIpc) is 2.61. The smallest absolute Gasteiger partial charge is 0.145 e. The third-order valence-electron chi connectivity index (χ3n) is 5.03. The van der Waals surface area contributed by atoms with E-state index in [1.165, 1.54) is 6.42 Å². The second-order valence-electron chi connectivity index (χ2n) is 7.29. The molecule has 1 saturated heterocycles. The van der Waals surface area contributed by atoms with Crippen LogP contribution in [0.4, 0.5) is 0 Å². The summed E-state index contributed by atoms with van der Waals surface area (Å²) >= 11 is 6.28. The van der Waals surface area contributed by atoms with E-state index in [9.17, 15) is 0 Å². The summed E-state index contributed by atoms with van der Waals surface area (Å²) in [6.07, 6.45) is 11.0. The first-order valence-corrected chi connectivity index (χ1v) is 10.6. The van der Waals surface area contributed by atoms with Crippen molar-refractivity contribution in [1.29, 1.82) is 0 Å². The maximum Gasteiger partial charge on any atom is 0.145 e. The molecule has 0 radical (unpaired) electrons. The Hall–Kier alpha value is -0.290. The molecule has 2 rings (SSSR count). The number of hydrogen-bond acceptors (Lipinski definition) is 4. The second-order valence-corrected chi connectivity index (χ2v) is 7.81. The molecule has 0 aromatic carbocycles. The molecule has 1 fully saturated rings. The van der Waals surface area contributed by atoms with E-state index in [0.717, 1.165) is 63.9 Å². The third-order valence-corrected chi connectivity index (χ3v) is 5.38. The van der Waals surface area contributed by atoms with E-state index < -0.39 is 0 Å². The molecule has 0 saturated carbocycles. The van der Waals surface area contributed by atoms with Gasteiger partial charge in [0.25, 0.3) is 0 Å². The Bertz CT molecular complexity index is 379. The van der Waals surface area contributed by atoms with E-state index in [0.29, 0.717) is 25.2 Å². The van der Waals surface area contributed by atoms with Gasteiger partial charge in [0.05, 0.1) is 24.5 Å². The van der Waals surface area contributed by atoms with Crippen molar-refractivity contribution in [1.82, 2.24) is 5.32 Å². The summed E-state index contributed by atoms with van der Waals surface area (Å²) < 4.78 is 17.8. The third kappa shape index (κ3) is 7.86. The number of allylic oxidation sites excluding steroid dienone is 1. The van der Waals surface area contributed by atoms with Gasteiger partial charge in [0.15, 0.2) is 0 Å². The van der Waals surface area contributed by atoms with Gasteiger partial charge in [0, 0.05) is 25.7 Å². The number of halogens is 1. The topological polar surface area (TPSA) is 39.7 Å². The van der Waals surface area contributed by atoms with Crippen molar-refractivity contribution >= 4 is 11.6 Å². The van der Waals surface area contributed by atoms with Crippen LogP contribution < -0.4 is 5.32 Å². The van der Waals surface area contributed by atoms with Crippen LogP contribution >= 0.6 is 11.6 Å². The average molecular weight is 374 g/mol. The fraction of sp³-hybridized carbons (Fsp3) is 0.900.